The maximum atomic E-state index is 13.8. The number of hydrogen-bond acceptors (Lipinski definition) is 12. The number of aromatic nitrogens is 2. The van der Waals surface area contributed by atoms with Gasteiger partial charge in [0, 0.05) is 60.9 Å². The molecule has 4 aliphatic heterocycles. The second kappa shape index (κ2) is 16.0. The van der Waals surface area contributed by atoms with Gasteiger partial charge < -0.3 is 33.7 Å². The lowest BCUT2D eigenvalue weighted by Gasteiger charge is -2.36. The summed E-state index contributed by atoms with van der Waals surface area (Å²) in [7, 11) is 0. The monoisotopic (exact) mass is 794 g/mol. The Bertz CT molecular complexity index is 2360. The first-order valence-corrected chi connectivity index (χ1v) is 19.7. The van der Waals surface area contributed by atoms with Gasteiger partial charge >= 0.3 is 12.1 Å². The Morgan fingerprint density at radius 3 is 2.59 bits per heavy atom. The number of amides is 2. The zero-order chi connectivity index (χ0) is 41.5. The van der Waals surface area contributed by atoms with Gasteiger partial charge in [-0.1, -0.05) is 24.6 Å². The number of carbonyl (C=O) groups is 3. The number of esters is 1. The number of cyclic esters (lactones) is 1. The number of aliphatic imine (C=N–C) groups is 1. The average molecular weight is 795 g/mol. The van der Waals surface area contributed by atoms with Crippen molar-refractivity contribution in [2.45, 2.75) is 97.7 Å². The van der Waals surface area contributed by atoms with Crippen LogP contribution >= 0.6 is 0 Å². The van der Waals surface area contributed by atoms with Crippen LogP contribution in [0.15, 0.2) is 63.6 Å². The van der Waals surface area contributed by atoms with Crippen molar-refractivity contribution in [3.05, 3.63) is 86.4 Å². The summed E-state index contributed by atoms with van der Waals surface area (Å²) < 4.78 is 19.1. The van der Waals surface area contributed by atoms with Crippen molar-refractivity contribution in [3.63, 3.8) is 0 Å². The van der Waals surface area contributed by atoms with Gasteiger partial charge in [0.15, 0.2) is 5.60 Å². The Labute approximate surface area is 336 Å². The fraction of sp³-hybridized carbons (Fsp3) is 0.442. The predicted octanol–water partition coefficient (Wildman–Crippen LogP) is 5.33. The highest BCUT2D eigenvalue weighted by Gasteiger charge is 2.45. The molecule has 7 rings (SSSR count). The largest absolute Gasteiger partial charge is 0.458 e. The smallest absolute Gasteiger partial charge is 0.415 e. The normalized spacial score (nSPS) is 21.7. The Hall–Kier alpha value is -5.64. The van der Waals surface area contributed by atoms with E-state index in [0.29, 0.717) is 73.7 Å². The third-order valence-electron chi connectivity index (χ3n) is 11.0. The lowest BCUT2D eigenvalue weighted by molar-refractivity contribution is -0.172. The van der Waals surface area contributed by atoms with E-state index >= 15 is 0 Å². The summed E-state index contributed by atoms with van der Waals surface area (Å²) in [5, 5.41) is 21.1. The molecule has 2 aromatic heterocycles. The Kier molecular flexibility index (Phi) is 11.2. The van der Waals surface area contributed by atoms with E-state index in [0.717, 1.165) is 22.4 Å². The van der Waals surface area contributed by atoms with Crippen LogP contribution in [0.3, 0.4) is 0 Å². The number of hydrogen-bond donors (Lipinski definition) is 3. The highest BCUT2D eigenvalue weighted by atomic mass is 16.6. The third kappa shape index (κ3) is 7.93. The number of benzene rings is 1. The minimum atomic E-state index is -1.93. The van der Waals surface area contributed by atoms with Gasteiger partial charge in [-0.3, -0.25) is 14.8 Å². The van der Waals surface area contributed by atoms with Gasteiger partial charge in [-0.25, -0.2) is 25.0 Å². The lowest BCUT2D eigenvalue weighted by atomic mass is 9.86. The van der Waals surface area contributed by atoms with Crippen LogP contribution < -0.4 is 15.8 Å². The van der Waals surface area contributed by atoms with E-state index in [1.54, 1.807) is 46.1 Å². The van der Waals surface area contributed by atoms with E-state index in [4.69, 9.17) is 24.4 Å². The molecular formula is C43H50N6O9. The molecule has 1 fully saturated rings. The number of nitrogens with one attached hydrogen (secondary N) is 1. The highest BCUT2D eigenvalue weighted by Crippen LogP contribution is 2.40. The summed E-state index contributed by atoms with van der Waals surface area (Å²) in [6.45, 7) is 13.4. The summed E-state index contributed by atoms with van der Waals surface area (Å²) in [5.41, 5.74) is 3.89. The third-order valence-corrected chi connectivity index (χ3v) is 11.0. The van der Waals surface area contributed by atoms with Crippen LogP contribution in [0, 0.1) is 0 Å². The van der Waals surface area contributed by atoms with Crippen LogP contribution in [0.25, 0.3) is 28.4 Å². The lowest BCUT2D eigenvalue weighted by Crippen LogP contribution is -2.51. The second-order valence-electron chi connectivity index (χ2n) is 16.2. The highest BCUT2D eigenvalue weighted by molar-refractivity contribution is 5.97. The first-order valence-electron chi connectivity index (χ1n) is 19.7. The second-order valence-corrected chi connectivity index (χ2v) is 16.2. The maximum Gasteiger partial charge on any atom is 0.415 e. The Morgan fingerprint density at radius 1 is 1.12 bits per heavy atom. The van der Waals surface area contributed by atoms with E-state index in [1.165, 1.54) is 6.20 Å². The first kappa shape index (κ1) is 40.6. The number of hydroxylamine groups is 1. The van der Waals surface area contributed by atoms with E-state index in [1.807, 2.05) is 52.8 Å². The maximum absolute atomic E-state index is 13.8. The van der Waals surface area contributed by atoms with Crippen molar-refractivity contribution in [2.24, 2.45) is 4.99 Å². The van der Waals surface area contributed by atoms with Crippen LogP contribution in [0.2, 0.25) is 0 Å². The fourth-order valence-electron chi connectivity index (χ4n) is 7.97. The molecule has 58 heavy (non-hydrogen) atoms. The van der Waals surface area contributed by atoms with E-state index < -0.39 is 23.6 Å². The molecule has 0 saturated carbocycles. The molecule has 0 radical (unpaired) electrons. The van der Waals surface area contributed by atoms with Crippen molar-refractivity contribution >= 4 is 40.8 Å². The van der Waals surface area contributed by atoms with Gasteiger partial charge in [0.1, 0.15) is 18.2 Å². The van der Waals surface area contributed by atoms with Crippen molar-refractivity contribution < 1.29 is 38.9 Å². The van der Waals surface area contributed by atoms with Gasteiger partial charge in [-0.15, -0.1) is 0 Å². The number of nitrogens with zero attached hydrogens (tertiary/aromatic N) is 5. The number of pyridine rings is 2. The van der Waals surface area contributed by atoms with Crippen molar-refractivity contribution in [1.29, 1.82) is 0 Å². The number of rotatable bonds is 7. The van der Waals surface area contributed by atoms with Crippen molar-refractivity contribution in [2.75, 3.05) is 26.2 Å². The number of carbonyl (C=O) groups excluding carboxylic acids is 3. The van der Waals surface area contributed by atoms with E-state index in [-0.39, 0.29) is 53.5 Å². The van der Waals surface area contributed by atoms with Gasteiger partial charge in [0.25, 0.3) is 11.5 Å². The SMILES string of the molecule is CC[C@@]1(O)C(=O)OCc2c1cc1n(c2=O)Cc2cc3c(/C=C/CC(C)OC(C)(C)C)c(OC(=O)N4CCN(C5=N/C=C(C(=O)NO)\C=C(\C)CC5)CC4)ccc3nc2-1. The summed E-state index contributed by atoms with van der Waals surface area (Å²) in [6.07, 6.45) is 8.47. The molecule has 1 unspecified atom stereocenters. The molecule has 0 aliphatic carbocycles. The van der Waals surface area contributed by atoms with Gasteiger partial charge in [-0.2, -0.15) is 0 Å². The van der Waals surface area contributed by atoms with Crippen LogP contribution in [-0.2, 0) is 37.8 Å². The number of ether oxygens (including phenoxy) is 3. The number of allylic oxidation sites excluding steroid dienone is 1. The molecular weight excluding hydrogens is 745 g/mol. The Morgan fingerprint density at radius 2 is 1.88 bits per heavy atom. The summed E-state index contributed by atoms with van der Waals surface area (Å²) in [4.78, 5) is 65.6. The molecule has 0 spiro atoms. The van der Waals surface area contributed by atoms with Crippen LogP contribution in [-0.4, -0.2) is 91.4 Å². The van der Waals surface area contributed by atoms with Crippen LogP contribution in [0.1, 0.15) is 89.5 Å². The average Bonchev–Trinajstić information content (AvgIpc) is 3.54. The number of piperazine rings is 1. The summed E-state index contributed by atoms with van der Waals surface area (Å²) >= 11 is 0. The molecule has 3 aromatic rings. The predicted molar refractivity (Wildman–Crippen MR) is 216 cm³/mol. The fourth-order valence-corrected chi connectivity index (χ4v) is 7.97. The van der Waals surface area contributed by atoms with Gasteiger partial charge in [0.05, 0.1) is 46.3 Å². The Balaban J connectivity index is 1.17. The quantitative estimate of drug-likeness (QED) is 0.125. The van der Waals surface area contributed by atoms with E-state index in [9.17, 15) is 24.3 Å². The van der Waals surface area contributed by atoms with Crippen LogP contribution in [0.4, 0.5) is 4.79 Å². The van der Waals surface area contributed by atoms with E-state index in [2.05, 4.69) is 9.89 Å². The van der Waals surface area contributed by atoms with Crippen LogP contribution in [0.5, 0.6) is 5.75 Å². The minimum Gasteiger partial charge on any atom is -0.458 e. The standard InChI is InChI=1S/C43H50N6O9/c1-7-43(54)32-21-34-37-28(23-49(34)39(51)31(32)24-56-40(43)52)20-30-29(10-8-9-26(3)58-42(4,5)6)35(13-12-33(30)45-37)57-41(53)48-17-15-47(16-18-48)36-14-11-25(2)19-27(22-44-36)38(50)46-55/h8,10,12-13,19-22,26,54-55H,7,9,11,14-18,23-24H2,1-6H3,(H,46,50)/b10-8+,25-19-,27-22+,44-36?/t26?,43-/m0/s1. The molecule has 306 valence electrons. The van der Waals surface area contributed by atoms with Crippen molar-refractivity contribution in [3.8, 4) is 17.1 Å². The van der Waals surface area contributed by atoms with Gasteiger partial charge in [0.2, 0.25) is 0 Å². The zero-order valence-electron chi connectivity index (χ0n) is 33.8. The number of aliphatic hydroxyl groups is 1. The molecule has 0 bridgehead atoms. The van der Waals surface area contributed by atoms with Gasteiger partial charge in [-0.05, 0) is 84.2 Å². The molecule has 15 heteroatoms. The van der Waals surface area contributed by atoms with Crippen molar-refractivity contribution in [1.82, 2.24) is 24.8 Å². The molecule has 1 aromatic carbocycles. The first-order chi connectivity index (χ1) is 27.6. The topological polar surface area (TPSA) is 185 Å². The summed E-state index contributed by atoms with van der Waals surface area (Å²) in [6, 6.07) is 7.14. The minimum absolute atomic E-state index is 0.0462. The molecule has 2 amide bonds. The number of amidine groups is 1. The number of fused-ring (bicyclic) bond motifs is 5. The molecule has 1 saturated heterocycles. The molecule has 6 heterocycles. The molecule has 2 atom stereocenters. The zero-order valence-corrected chi connectivity index (χ0v) is 33.8. The molecule has 15 nitrogen and oxygen atoms in total. The summed E-state index contributed by atoms with van der Waals surface area (Å²) in [5.74, 6) is -0.270. The molecule has 3 N–H and O–H groups in total. The molecule has 4 aliphatic rings.